The van der Waals surface area contributed by atoms with Crippen LogP contribution in [0.2, 0.25) is 0 Å². The van der Waals surface area contributed by atoms with E-state index < -0.39 is 27.9 Å². The minimum absolute atomic E-state index is 0.216. The molecule has 2 unspecified atom stereocenters. The summed E-state index contributed by atoms with van der Waals surface area (Å²) >= 11 is 0. The van der Waals surface area contributed by atoms with E-state index >= 15 is 0 Å². The molecule has 2 rings (SSSR count). The van der Waals surface area contributed by atoms with Gasteiger partial charge in [-0.05, 0) is 23.8 Å². The van der Waals surface area contributed by atoms with Crippen LogP contribution in [0.5, 0.6) is 0 Å². The molecule has 0 aromatic heterocycles. The summed E-state index contributed by atoms with van der Waals surface area (Å²) in [7, 11) is -3.80. The Bertz CT molecular complexity index is 756. The van der Waals surface area contributed by atoms with Crippen LogP contribution in [0.3, 0.4) is 0 Å². The first-order valence-corrected chi connectivity index (χ1v) is 10.2. The third-order valence-electron chi connectivity index (χ3n) is 4.67. The number of carboxylic acid groups (broad SMARTS) is 1. The van der Waals surface area contributed by atoms with Gasteiger partial charge in [-0.15, -0.1) is 0 Å². The van der Waals surface area contributed by atoms with Crippen molar-refractivity contribution in [2.45, 2.75) is 45.4 Å². The molecule has 0 aliphatic carbocycles. The molecule has 1 heterocycles. The lowest BCUT2D eigenvalue weighted by Crippen LogP contribution is -2.54. The van der Waals surface area contributed by atoms with E-state index in [-0.39, 0.29) is 23.8 Å². The first-order valence-electron chi connectivity index (χ1n) is 8.57. The number of hydrogen-bond donors (Lipinski definition) is 2. The largest absolute Gasteiger partial charge is 0.465 e. The van der Waals surface area contributed by atoms with Crippen LogP contribution in [0.1, 0.15) is 39.2 Å². The second-order valence-corrected chi connectivity index (χ2v) is 9.51. The maximum absolute atomic E-state index is 12.5. The molecule has 26 heavy (non-hydrogen) atoms. The Morgan fingerprint density at radius 2 is 1.85 bits per heavy atom. The van der Waals surface area contributed by atoms with Crippen molar-refractivity contribution in [3.63, 3.8) is 0 Å². The highest BCUT2D eigenvalue weighted by atomic mass is 32.2. The van der Waals surface area contributed by atoms with Gasteiger partial charge in [0.1, 0.15) is 0 Å². The van der Waals surface area contributed by atoms with E-state index in [1.54, 1.807) is 30.3 Å². The van der Waals surface area contributed by atoms with Crippen LogP contribution in [0.4, 0.5) is 4.79 Å². The van der Waals surface area contributed by atoms with Crippen molar-refractivity contribution < 1.29 is 23.1 Å². The molecule has 2 N–H and O–H groups in total. The zero-order chi connectivity index (χ0) is 19.5. The molecule has 0 saturated carbocycles. The molecule has 144 valence electrons. The molecule has 1 aliphatic heterocycles. The number of amides is 2. The van der Waals surface area contributed by atoms with Gasteiger partial charge < -0.3 is 10.0 Å². The molecule has 2 atom stereocenters. The van der Waals surface area contributed by atoms with Gasteiger partial charge in [-0.2, -0.15) is 0 Å². The first-order chi connectivity index (χ1) is 12.0. The van der Waals surface area contributed by atoms with E-state index in [0.29, 0.717) is 18.4 Å². The average Bonchev–Trinajstić information content (AvgIpc) is 2.53. The van der Waals surface area contributed by atoms with Gasteiger partial charge in [0, 0.05) is 18.5 Å². The van der Waals surface area contributed by atoms with Crippen LogP contribution >= 0.6 is 0 Å². The van der Waals surface area contributed by atoms with E-state index in [0.717, 1.165) is 0 Å². The standard InChI is InChI=1S/C18H26N2O5S/c1-18(2,3)15-11-14(9-10-20(15)17(22)23)16(21)19-26(24,25)12-13-7-5-4-6-8-13/h4-8,14-15H,9-12H2,1-3H3,(H,19,21)(H,22,23). The number of carbonyl (C=O) groups is 2. The fourth-order valence-electron chi connectivity index (χ4n) is 3.32. The summed E-state index contributed by atoms with van der Waals surface area (Å²) in [5.41, 5.74) is 0.251. The zero-order valence-corrected chi connectivity index (χ0v) is 16.1. The molecule has 1 saturated heterocycles. The van der Waals surface area contributed by atoms with Gasteiger partial charge in [-0.3, -0.25) is 9.52 Å². The van der Waals surface area contributed by atoms with Crippen LogP contribution in [-0.4, -0.2) is 43.0 Å². The molecule has 1 aromatic carbocycles. The van der Waals surface area contributed by atoms with Crippen molar-refractivity contribution in [3.05, 3.63) is 35.9 Å². The van der Waals surface area contributed by atoms with Crippen LogP contribution < -0.4 is 4.72 Å². The van der Waals surface area contributed by atoms with Crippen molar-refractivity contribution in [1.29, 1.82) is 0 Å². The Balaban J connectivity index is 2.06. The van der Waals surface area contributed by atoms with Gasteiger partial charge >= 0.3 is 6.09 Å². The van der Waals surface area contributed by atoms with Crippen LogP contribution in [0, 0.1) is 11.3 Å². The third-order valence-corrected chi connectivity index (χ3v) is 5.90. The molecule has 1 fully saturated rings. The Hall–Kier alpha value is -2.09. The molecule has 0 bridgehead atoms. The fourth-order valence-corrected chi connectivity index (χ4v) is 4.50. The predicted molar refractivity (Wildman–Crippen MR) is 97.9 cm³/mol. The van der Waals surface area contributed by atoms with E-state index in [9.17, 15) is 23.1 Å². The number of nitrogens with one attached hydrogen (secondary N) is 1. The summed E-state index contributed by atoms with van der Waals surface area (Å²) in [5, 5.41) is 9.38. The summed E-state index contributed by atoms with van der Waals surface area (Å²) in [6.07, 6.45) is -0.394. The summed E-state index contributed by atoms with van der Waals surface area (Å²) in [4.78, 5) is 25.3. The Labute approximate surface area is 154 Å². The molecule has 1 aliphatic rings. The number of benzene rings is 1. The van der Waals surface area contributed by atoms with Crippen LogP contribution in [0.15, 0.2) is 30.3 Å². The molecule has 8 heteroatoms. The Morgan fingerprint density at radius 1 is 1.23 bits per heavy atom. The highest BCUT2D eigenvalue weighted by Crippen LogP contribution is 2.34. The van der Waals surface area contributed by atoms with Crippen molar-refractivity contribution in [2.75, 3.05) is 6.54 Å². The lowest BCUT2D eigenvalue weighted by atomic mass is 9.77. The summed E-state index contributed by atoms with van der Waals surface area (Å²) in [6.45, 7) is 5.97. The highest BCUT2D eigenvalue weighted by molar-refractivity contribution is 7.89. The Kier molecular flexibility index (Phi) is 5.95. The van der Waals surface area contributed by atoms with Crippen molar-refractivity contribution in [3.8, 4) is 0 Å². The number of sulfonamides is 1. The number of hydrogen-bond acceptors (Lipinski definition) is 4. The van der Waals surface area contributed by atoms with Crippen LogP contribution in [-0.2, 0) is 20.6 Å². The SMILES string of the molecule is CC(C)(C)C1CC(C(=O)NS(=O)(=O)Cc2ccccc2)CCN1C(=O)O. The predicted octanol–water partition coefficient (Wildman–Crippen LogP) is 2.44. The lowest BCUT2D eigenvalue weighted by Gasteiger charge is -2.44. The average molecular weight is 382 g/mol. The monoisotopic (exact) mass is 382 g/mol. The van der Waals surface area contributed by atoms with E-state index in [2.05, 4.69) is 4.72 Å². The number of nitrogens with zero attached hydrogens (tertiary/aromatic N) is 1. The second-order valence-electron chi connectivity index (χ2n) is 7.79. The van der Waals surface area contributed by atoms with Gasteiger partial charge in [0.05, 0.1) is 5.75 Å². The molecule has 2 amide bonds. The maximum atomic E-state index is 12.5. The number of piperidine rings is 1. The maximum Gasteiger partial charge on any atom is 0.407 e. The minimum atomic E-state index is -3.80. The smallest absolute Gasteiger partial charge is 0.407 e. The summed E-state index contributed by atoms with van der Waals surface area (Å²) < 4.78 is 26.7. The Morgan fingerprint density at radius 3 is 2.38 bits per heavy atom. The van der Waals surface area contributed by atoms with E-state index in [4.69, 9.17) is 0 Å². The van der Waals surface area contributed by atoms with E-state index in [1.165, 1.54) is 4.90 Å². The fraction of sp³-hybridized carbons (Fsp3) is 0.556. The van der Waals surface area contributed by atoms with Gasteiger partial charge in [-0.1, -0.05) is 51.1 Å². The van der Waals surface area contributed by atoms with Crippen molar-refractivity contribution >= 4 is 22.0 Å². The van der Waals surface area contributed by atoms with Gasteiger partial charge in [0.2, 0.25) is 15.9 Å². The van der Waals surface area contributed by atoms with Crippen LogP contribution in [0.25, 0.3) is 0 Å². The quantitative estimate of drug-likeness (QED) is 0.832. The number of likely N-dealkylation sites (tertiary alicyclic amines) is 1. The third kappa shape index (κ3) is 5.20. The molecular formula is C18H26N2O5S. The minimum Gasteiger partial charge on any atom is -0.465 e. The molecule has 0 spiro atoms. The van der Waals surface area contributed by atoms with Gasteiger partial charge in [-0.25, -0.2) is 13.2 Å². The van der Waals surface area contributed by atoms with Gasteiger partial charge in [0.15, 0.2) is 0 Å². The molecule has 7 nitrogen and oxygen atoms in total. The van der Waals surface area contributed by atoms with Crippen molar-refractivity contribution in [1.82, 2.24) is 9.62 Å². The topological polar surface area (TPSA) is 104 Å². The second kappa shape index (κ2) is 7.65. The molecular weight excluding hydrogens is 356 g/mol. The summed E-state index contributed by atoms with van der Waals surface area (Å²) in [5.74, 6) is -1.35. The lowest BCUT2D eigenvalue weighted by molar-refractivity contribution is -0.125. The summed E-state index contributed by atoms with van der Waals surface area (Å²) in [6, 6.07) is 8.29. The number of carbonyl (C=O) groups excluding carboxylic acids is 1. The zero-order valence-electron chi connectivity index (χ0n) is 15.3. The molecule has 1 aromatic rings. The van der Waals surface area contributed by atoms with Gasteiger partial charge in [0.25, 0.3) is 0 Å². The van der Waals surface area contributed by atoms with E-state index in [1.807, 2.05) is 20.8 Å². The number of rotatable bonds is 4. The van der Waals surface area contributed by atoms with Crippen molar-refractivity contribution in [2.24, 2.45) is 11.3 Å². The molecule has 0 radical (unpaired) electrons. The highest BCUT2D eigenvalue weighted by Gasteiger charge is 2.41. The first kappa shape index (κ1) is 20.2. The normalized spacial score (nSPS) is 21.3.